The summed E-state index contributed by atoms with van der Waals surface area (Å²) in [4.78, 5) is 6.98. The molecule has 2 rings (SSSR count). The van der Waals surface area contributed by atoms with Crippen LogP contribution in [0.4, 0.5) is 0 Å². The third-order valence-electron chi connectivity index (χ3n) is 3.80. The molecule has 0 saturated carbocycles. The van der Waals surface area contributed by atoms with Gasteiger partial charge in [-0.3, -0.25) is 0 Å². The summed E-state index contributed by atoms with van der Waals surface area (Å²) in [6.45, 7) is 8.85. The molecular formula is C16H24ClN3O. The zero-order chi connectivity index (χ0) is 15.4. The standard InChI is InChI=1S/C16H24ClN3O/c1-5-21-14-8-6-7-13-16(14)18-15(11-17)20(13)10-9-19(4)12(2)3/h6-8,12H,5,9-11H2,1-4H3. The smallest absolute Gasteiger partial charge is 0.147 e. The lowest BCUT2D eigenvalue weighted by Gasteiger charge is -2.21. The Labute approximate surface area is 131 Å². The van der Waals surface area contributed by atoms with E-state index >= 15 is 0 Å². The minimum absolute atomic E-state index is 0.408. The summed E-state index contributed by atoms with van der Waals surface area (Å²) < 4.78 is 7.86. The number of para-hydroxylation sites is 1. The van der Waals surface area contributed by atoms with Gasteiger partial charge < -0.3 is 14.2 Å². The lowest BCUT2D eigenvalue weighted by molar-refractivity contribution is 0.263. The molecule has 0 atom stereocenters. The maximum Gasteiger partial charge on any atom is 0.147 e. The first-order chi connectivity index (χ1) is 10.1. The summed E-state index contributed by atoms with van der Waals surface area (Å²) in [5.74, 6) is 2.14. The largest absolute Gasteiger partial charge is 0.492 e. The van der Waals surface area contributed by atoms with Crippen LogP contribution in [0.5, 0.6) is 5.75 Å². The van der Waals surface area contributed by atoms with Crippen molar-refractivity contribution in [1.29, 1.82) is 0 Å². The van der Waals surface area contributed by atoms with Gasteiger partial charge in [-0.05, 0) is 40.0 Å². The van der Waals surface area contributed by atoms with E-state index in [1.807, 2.05) is 19.1 Å². The van der Waals surface area contributed by atoms with Gasteiger partial charge >= 0.3 is 0 Å². The zero-order valence-electron chi connectivity index (χ0n) is 13.3. The maximum absolute atomic E-state index is 6.07. The first-order valence-electron chi connectivity index (χ1n) is 7.45. The highest BCUT2D eigenvalue weighted by atomic mass is 35.5. The molecule has 0 aliphatic rings. The molecule has 116 valence electrons. The molecule has 0 radical (unpaired) electrons. The molecule has 1 heterocycles. The fourth-order valence-corrected chi connectivity index (χ4v) is 2.51. The topological polar surface area (TPSA) is 30.3 Å². The van der Waals surface area contributed by atoms with E-state index in [1.54, 1.807) is 0 Å². The number of ether oxygens (including phenoxy) is 1. The number of aromatic nitrogens is 2. The van der Waals surface area contributed by atoms with Crippen LogP contribution < -0.4 is 4.74 Å². The number of nitrogens with zero attached hydrogens (tertiary/aromatic N) is 3. The molecule has 0 aliphatic heterocycles. The predicted octanol–water partition coefficient (Wildman–Crippen LogP) is 3.51. The van der Waals surface area contributed by atoms with E-state index in [2.05, 4.69) is 41.4 Å². The Kier molecular flexibility index (Phi) is 5.48. The van der Waals surface area contributed by atoms with Gasteiger partial charge in [0.1, 0.15) is 17.1 Å². The van der Waals surface area contributed by atoms with Crippen molar-refractivity contribution in [3.05, 3.63) is 24.0 Å². The van der Waals surface area contributed by atoms with Crippen LogP contribution >= 0.6 is 11.6 Å². The molecule has 0 amide bonds. The molecule has 0 bridgehead atoms. The van der Waals surface area contributed by atoms with Gasteiger partial charge in [-0.15, -0.1) is 11.6 Å². The lowest BCUT2D eigenvalue weighted by atomic mass is 10.3. The molecular weight excluding hydrogens is 286 g/mol. The van der Waals surface area contributed by atoms with E-state index < -0.39 is 0 Å². The van der Waals surface area contributed by atoms with E-state index in [4.69, 9.17) is 16.3 Å². The van der Waals surface area contributed by atoms with Crippen LogP contribution in [0.1, 0.15) is 26.6 Å². The van der Waals surface area contributed by atoms with Gasteiger partial charge in [0.15, 0.2) is 0 Å². The van der Waals surface area contributed by atoms with Crippen LogP contribution in [0.3, 0.4) is 0 Å². The minimum atomic E-state index is 0.408. The zero-order valence-corrected chi connectivity index (χ0v) is 14.0. The number of imidazole rings is 1. The second kappa shape index (κ2) is 7.14. The van der Waals surface area contributed by atoms with Gasteiger partial charge in [0, 0.05) is 19.1 Å². The van der Waals surface area contributed by atoms with Crippen molar-refractivity contribution in [2.24, 2.45) is 0 Å². The average Bonchev–Trinajstić information content (AvgIpc) is 2.83. The molecule has 4 nitrogen and oxygen atoms in total. The first kappa shape index (κ1) is 16.1. The maximum atomic E-state index is 6.07. The number of halogens is 1. The molecule has 2 aromatic rings. The molecule has 0 N–H and O–H groups in total. The number of benzene rings is 1. The third-order valence-corrected chi connectivity index (χ3v) is 4.04. The van der Waals surface area contributed by atoms with Crippen molar-refractivity contribution in [2.45, 2.75) is 39.2 Å². The van der Waals surface area contributed by atoms with Crippen molar-refractivity contribution in [2.75, 3.05) is 20.2 Å². The van der Waals surface area contributed by atoms with E-state index in [1.165, 1.54) is 0 Å². The lowest BCUT2D eigenvalue weighted by Crippen LogP contribution is -2.30. The average molecular weight is 310 g/mol. The van der Waals surface area contributed by atoms with Crippen molar-refractivity contribution in [1.82, 2.24) is 14.5 Å². The summed E-state index contributed by atoms with van der Waals surface area (Å²) >= 11 is 6.07. The molecule has 0 aliphatic carbocycles. The summed E-state index contributed by atoms with van der Waals surface area (Å²) in [6, 6.07) is 6.58. The number of rotatable bonds is 7. The highest BCUT2D eigenvalue weighted by molar-refractivity contribution is 6.16. The van der Waals surface area contributed by atoms with Gasteiger partial charge in [0.05, 0.1) is 18.0 Å². The van der Waals surface area contributed by atoms with Crippen LogP contribution in [0.25, 0.3) is 11.0 Å². The molecule has 21 heavy (non-hydrogen) atoms. The SMILES string of the molecule is CCOc1cccc2c1nc(CCl)n2CCN(C)C(C)C. The second-order valence-corrected chi connectivity index (χ2v) is 5.71. The molecule has 0 fully saturated rings. The molecule has 0 spiro atoms. The fourth-order valence-electron chi connectivity index (χ4n) is 2.31. The number of fused-ring (bicyclic) bond motifs is 1. The van der Waals surface area contributed by atoms with Crippen molar-refractivity contribution < 1.29 is 4.74 Å². The van der Waals surface area contributed by atoms with Crippen molar-refractivity contribution in [3.8, 4) is 5.75 Å². The second-order valence-electron chi connectivity index (χ2n) is 5.44. The third kappa shape index (κ3) is 3.50. The van der Waals surface area contributed by atoms with Gasteiger partial charge in [0.2, 0.25) is 0 Å². The van der Waals surface area contributed by atoms with Crippen LogP contribution in [0, 0.1) is 0 Å². The number of hydrogen-bond acceptors (Lipinski definition) is 3. The summed E-state index contributed by atoms with van der Waals surface area (Å²) in [7, 11) is 2.13. The van der Waals surface area contributed by atoms with Crippen LogP contribution in [0.15, 0.2) is 18.2 Å². The van der Waals surface area contributed by atoms with Gasteiger partial charge in [0.25, 0.3) is 0 Å². The Balaban J connectivity index is 2.35. The van der Waals surface area contributed by atoms with E-state index in [0.29, 0.717) is 18.5 Å². The number of hydrogen-bond donors (Lipinski definition) is 0. The Bertz CT molecular complexity index is 594. The summed E-state index contributed by atoms with van der Waals surface area (Å²) in [5, 5.41) is 0. The van der Waals surface area contributed by atoms with E-state index in [0.717, 1.165) is 35.7 Å². The highest BCUT2D eigenvalue weighted by Gasteiger charge is 2.14. The number of alkyl halides is 1. The van der Waals surface area contributed by atoms with Gasteiger partial charge in [-0.2, -0.15) is 0 Å². The monoisotopic (exact) mass is 309 g/mol. The molecule has 5 heteroatoms. The van der Waals surface area contributed by atoms with E-state index in [9.17, 15) is 0 Å². The predicted molar refractivity (Wildman–Crippen MR) is 88.2 cm³/mol. The van der Waals surface area contributed by atoms with Crippen LogP contribution in [-0.4, -0.2) is 40.7 Å². The highest BCUT2D eigenvalue weighted by Crippen LogP contribution is 2.26. The Morgan fingerprint density at radius 1 is 1.38 bits per heavy atom. The number of likely N-dealkylation sites (N-methyl/N-ethyl adjacent to an activating group) is 1. The molecule has 0 saturated heterocycles. The Morgan fingerprint density at radius 3 is 2.76 bits per heavy atom. The van der Waals surface area contributed by atoms with Crippen LogP contribution in [-0.2, 0) is 12.4 Å². The van der Waals surface area contributed by atoms with Crippen molar-refractivity contribution in [3.63, 3.8) is 0 Å². The fraction of sp³-hybridized carbons (Fsp3) is 0.562. The Morgan fingerprint density at radius 2 is 2.14 bits per heavy atom. The molecule has 0 unspecified atom stereocenters. The summed E-state index contributed by atoms with van der Waals surface area (Å²) in [6.07, 6.45) is 0. The normalized spacial score (nSPS) is 11.8. The van der Waals surface area contributed by atoms with Gasteiger partial charge in [-0.25, -0.2) is 4.98 Å². The molecule has 1 aromatic carbocycles. The van der Waals surface area contributed by atoms with Crippen LogP contribution in [0.2, 0.25) is 0 Å². The quantitative estimate of drug-likeness (QED) is 0.733. The van der Waals surface area contributed by atoms with Gasteiger partial charge in [-0.1, -0.05) is 6.07 Å². The van der Waals surface area contributed by atoms with E-state index in [-0.39, 0.29) is 0 Å². The van der Waals surface area contributed by atoms with Crippen molar-refractivity contribution >= 4 is 22.6 Å². The first-order valence-corrected chi connectivity index (χ1v) is 7.99. The molecule has 1 aromatic heterocycles. The summed E-state index contributed by atoms with van der Waals surface area (Å²) in [5.41, 5.74) is 2.00. The Hall–Kier alpha value is -1.26. The minimum Gasteiger partial charge on any atom is -0.492 e.